The van der Waals surface area contributed by atoms with Crippen molar-refractivity contribution >= 4 is 28.8 Å². The first-order valence-electron chi connectivity index (χ1n) is 8.74. The van der Waals surface area contributed by atoms with Crippen LogP contribution in [0.25, 0.3) is 17.0 Å². The first-order chi connectivity index (χ1) is 14.4. The molecule has 0 saturated carbocycles. The number of pyridine rings is 1. The minimum Gasteiger partial charge on any atom is -0.387 e. The molecular weight excluding hydrogens is 420 g/mol. The van der Waals surface area contributed by atoms with Crippen molar-refractivity contribution in [2.24, 2.45) is 0 Å². The summed E-state index contributed by atoms with van der Waals surface area (Å²) in [5, 5.41) is 16.0. The van der Waals surface area contributed by atoms with E-state index in [-0.39, 0.29) is 16.7 Å². The molecule has 0 radical (unpaired) electrons. The second kappa shape index (κ2) is 8.17. The predicted molar refractivity (Wildman–Crippen MR) is 104 cm³/mol. The zero-order valence-electron chi connectivity index (χ0n) is 15.2. The van der Waals surface area contributed by atoms with Gasteiger partial charge in [0.15, 0.2) is 0 Å². The highest BCUT2D eigenvalue weighted by Gasteiger charge is 2.21. The lowest BCUT2D eigenvalue weighted by atomic mass is 10.2. The summed E-state index contributed by atoms with van der Waals surface area (Å²) in [5.41, 5.74) is 1.67. The monoisotopic (exact) mass is 433 g/mol. The molecular formula is C19H14ClF2N5O3. The number of hydrogen-bond acceptors (Lipinski definition) is 6. The molecule has 154 valence electrons. The molecule has 2 N–H and O–H groups in total. The first-order valence-corrected chi connectivity index (χ1v) is 9.12. The van der Waals surface area contributed by atoms with Crippen molar-refractivity contribution in [3.63, 3.8) is 0 Å². The molecule has 3 aromatic heterocycles. The quantitative estimate of drug-likeness (QED) is 0.482. The Morgan fingerprint density at radius 1 is 1.30 bits per heavy atom. The smallest absolute Gasteiger partial charge is 0.274 e. The number of anilines is 1. The average molecular weight is 434 g/mol. The largest absolute Gasteiger partial charge is 0.387 e. The van der Waals surface area contributed by atoms with Gasteiger partial charge in [-0.05, 0) is 30.3 Å². The van der Waals surface area contributed by atoms with Gasteiger partial charge in [-0.3, -0.25) is 9.20 Å². The summed E-state index contributed by atoms with van der Waals surface area (Å²) in [5.74, 6) is -0.459. The van der Waals surface area contributed by atoms with Gasteiger partial charge >= 0.3 is 0 Å². The number of carbonyl (C=O) groups excluding carboxylic acids is 1. The van der Waals surface area contributed by atoms with Crippen LogP contribution >= 0.6 is 11.6 Å². The lowest BCUT2D eigenvalue weighted by Crippen LogP contribution is -2.20. The van der Waals surface area contributed by atoms with Crippen LogP contribution in [0.15, 0.2) is 53.3 Å². The molecule has 4 rings (SSSR count). The SMILES string of the molecule is O=C(Nc1cc(-c2noc(C[C@@H](O)C(F)F)n2)ccc1Cl)c1cnc2ccccn12. The Bertz CT molecular complexity index is 1210. The van der Waals surface area contributed by atoms with E-state index in [1.807, 2.05) is 6.07 Å². The summed E-state index contributed by atoms with van der Waals surface area (Å²) in [7, 11) is 0. The average Bonchev–Trinajstić information content (AvgIpc) is 3.36. The molecule has 30 heavy (non-hydrogen) atoms. The summed E-state index contributed by atoms with van der Waals surface area (Å²) in [6.45, 7) is 0. The highest BCUT2D eigenvalue weighted by molar-refractivity contribution is 6.34. The number of rotatable bonds is 6. The Morgan fingerprint density at radius 3 is 2.93 bits per heavy atom. The zero-order valence-corrected chi connectivity index (χ0v) is 15.9. The van der Waals surface area contributed by atoms with Crippen LogP contribution in [0.4, 0.5) is 14.5 Å². The van der Waals surface area contributed by atoms with Crippen LogP contribution in [0.5, 0.6) is 0 Å². The lowest BCUT2D eigenvalue weighted by molar-refractivity contribution is -0.00754. The van der Waals surface area contributed by atoms with Crippen molar-refractivity contribution in [3.8, 4) is 11.4 Å². The Kier molecular flexibility index (Phi) is 5.42. The minimum atomic E-state index is -2.92. The van der Waals surface area contributed by atoms with E-state index in [2.05, 4.69) is 20.4 Å². The molecule has 0 aliphatic carbocycles. The molecule has 3 heterocycles. The van der Waals surface area contributed by atoms with E-state index in [9.17, 15) is 18.7 Å². The van der Waals surface area contributed by atoms with Gasteiger partial charge in [-0.1, -0.05) is 22.8 Å². The molecule has 0 fully saturated rings. The molecule has 0 bridgehead atoms. The van der Waals surface area contributed by atoms with Gasteiger partial charge in [-0.15, -0.1) is 0 Å². The van der Waals surface area contributed by atoms with Crippen molar-refractivity contribution in [2.75, 3.05) is 5.32 Å². The van der Waals surface area contributed by atoms with E-state index in [0.29, 0.717) is 22.6 Å². The van der Waals surface area contributed by atoms with Crippen LogP contribution in [0.3, 0.4) is 0 Å². The van der Waals surface area contributed by atoms with Crippen LogP contribution in [0, 0.1) is 0 Å². The number of benzene rings is 1. The van der Waals surface area contributed by atoms with Crippen LogP contribution in [0.1, 0.15) is 16.4 Å². The molecule has 11 heteroatoms. The Morgan fingerprint density at radius 2 is 2.13 bits per heavy atom. The molecule has 0 aliphatic heterocycles. The van der Waals surface area contributed by atoms with Crippen LogP contribution in [0.2, 0.25) is 5.02 Å². The molecule has 4 aromatic rings. The van der Waals surface area contributed by atoms with Gasteiger partial charge < -0.3 is 14.9 Å². The normalized spacial score (nSPS) is 12.4. The summed E-state index contributed by atoms with van der Waals surface area (Å²) in [6, 6.07) is 10.0. The van der Waals surface area contributed by atoms with Crippen molar-refractivity contribution in [1.82, 2.24) is 19.5 Å². The van der Waals surface area contributed by atoms with Crippen LogP contribution < -0.4 is 5.32 Å². The lowest BCUT2D eigenvalue weighted by Gasteiger charge is -2.08. The number of hydrogen-bond donors (Lipinski definition) is 2. The summed E-state index contributed by atoms with van der Waals surface area (Å²) < 4.78 is 31.5. The van der Waals surface area contributed by atoms with Gasteiger partial charge in [0.1, 0.15) is 17.4 Å². The fraction of sp³-hybridized carbons (Fsp3) is 0.158. The number of fused-ring (bicyclic) bond motifs is 1. The van der Waals surface area contributed by atoms with E-state index in [1.54, 1.807) is 28.8 Å². The topological polar surface area (TPSA) is 106 Å². The molecule has 1 amide bonds. The van der Waals surface area contributed by atoms with Crippen molar-refractivity contribution in [2.45, 2.75) is 19.0 Å². The van der Waals surface area contributed by atoms with E-state index in [1.165, 1.54) is 18.3 Å². The van der Waals surface area contributed by atoms with Gasteiger partial charge in [-0.2, -0.15) is 4.98 Å². The van der Waals surface area contributed by atoms with Crippen molar-refractivity contribution < 1.29 is 23.2 Å². The number of nitrogens with one attached hydrogen (secondary N) is 1. The third kappa shape index (κ3) is 4.00. The standard InChI is InChI=1S/C19H14ClF2N5O3/c20-11-5-4-10(18-25-16(30-26-18)8-14(28)17(21)22)7-12(11)24-19(29)13-9-23-15-3-1-2-6-27(13)15/h1-7,9,14,17,28H,8H2,(H,24,29)/t14-/m1/s1. The van der Waals surface area contributed by atoms with E-state index < -0.39 is 24.9 Å². The third-order valence-electron chi connectivity index (χ3n) is 4.27. The number of imidazole rings is 1. The summed E-state index contributed by atoms with van der Waals surface area (Å²) in [6.07, 6.45) is -2.14. The number of nitrogens with zero attached hydrogens (tertiary/aromatic N) is 4. The van der Waals surface area contributed by atoms with Gasteiger partial charge in [0, 0.05) is 11.8 Å². The maximum Gasteiger partial charge on any atom is 0.274 e. The molecule has 0 unspecified atom stereocenters. The predicted octanol–water partition coefficient (Wildman–Crippen LogP) is 3.46. The number of amides is 1. The number of aliphatic hydroxyl groups excluding tert-OH is 1. The molecule has 1 atom stereocenters. The van der Waals surface area contributed by atoms with Gasteiger partial charge in [0.05, 0.1) is 23.3 Å². The van der Waals surface area contributed by atoms with Gasteiger partial charge in [0.25, 0.3) is 12.3 Å². The Hall–Kier alpha value is -3.37. The summed E-state index contributed by atoms with van der Waals surface area (Å²) >= 11 is 6.20. The second-order valence-electron chi connectivity index (χ2n) is 6.34. The summed E-state index contributed by atoms with van der Waals surface area (Å²) in [4.78, 5) is 20.9. The Balaban J connectivity index is 1.57. The zero-order chi connectivity index (χ0) is 21.3. The fourth-order valence-corrected chi connectivity index (χ4v) is 2.93. The van der Waals surface area contributed by atoms with Gasteiger partial charge in [0.2, 0.25) is 11.7 Å². The fourth-order valence-electron chi connectivity index (χ4n) is 2.77. The molecule has 8 nitrogen and oxygen atoms in total. The van der Waals surface area contributed by atoms with Crippen molar-refractivity contribution in [3.05, 3.63) is 65.4 Å². The van der Waals surface area contributed by atoms with Crippen LogP contribution in [-0.2, 0) is 6.42 Å². The number of halogens is 3. The van der Waals surface area contributed by atoms with E-state index in [0.717, 1.165) is 0 Å². The maximum absolute atomic E-state index is 12.7. The molecule has 0 spiro atoms. The molecule has 0 saturated heterocycles. The number of aliphatic hydroxyl groups is 1. The number of alkyl halides is 2. The number of carbonyl (C=O) groups is 1. The maximum atomic E-state index is 12.7. The third-order valence-corrected chi connectivity index (χ3v) is 4.59. The van der Waals surface area contributed by atoms with E-state index in [4.69, 9.17) is 16.1 Å². The minimum absolute atomic E-state index is 0.105. The molecule has 0 aliphatic rings. The highest BCUT2D eigenvalue weighted by Crippen LogP contribution is 2.28. The molecule has 1 aromatic carbocycles. The Labute approximate surface area is 173 Å². The number of aromatic nitrogens is 4. The van der Waals surface area contributed by atoms with Crippen LogP contribution in [-0.4, -0.2) is 43.1 Å². The highest BCUT2D eigenvalue weighted by atomic mass is 35.5. The van der Waals surface area contributed by atoms with Crippen molar-refractivity contribution in [1.29, 1.82) is 0 Å². The van der Waals surface area contributed by atoms with E-state index >= 15 is 0 Å². The first kappa shape index (κ1) is 19.9. The second-order valence-corrected chi connectivity index (χ2v) is 6.75. The van der Waals surface area contributed by atoms with Gasteiger partial charge in [-0.25, -0.2) is 13.8 Å².